The van der Waals surface area contributed by atoms with Crippen molar-refractivity contribution >= 4 is 35.0 Å². The Morgan fingerprint density at radius 1 is 1.11 bits per heavy atom. The van der Waals surface area contributed by atoms with Gasteiger partial charge in [-0.25, -0.2) is 0 Å². The van der Waals surface area contributed by atoms with Gasteiger partial charge in [0, 0.05) is 10.7 Å². The maximum atomic E-state index is 12.1. The molecule has 0 unspecified atom stereocenters. The van der Waals surface area contributed by atoms with Gasteiger partial charge in [-0.15, -0.1) is 10.2 Å². The zero-order chi connectivity index (χ0) is 20.1. The lowest BCUT2D eigenvalue weighted by Crippen LogP contribution is -2.14. The Kier molecular flexibility index (Phi) is 6.59. The summed E-state index contributed by atoms with van der Waals surface area (Å²) in [5.41, 5.74) is 4.00. The molecule has 0 saturated carbocycles. The molecule has 0 fully saturated rings. The number of aryl methyl sites for hydroxylation is 3. The van der Waals surface area contributed by atoms with Gasteiger partial charge in [0.25, 0.3) is 11.1 Å². The van der Waals surface area contributed by atoms with Gasteiger partial charge in [0.05, 0.1) is 5.75 Å². The molecule has 1 N–H and O–H groups in total. The molecule has 8 heteroatoms. The summed E-state index contributed by atoms with van der Waals surface area (Å²) in [5.74, 6) is 1.07. The second kappa shape index (κ2) is 9.12. The summed E-state index contributed by atoms with van der Waals surface area (Å²) in [6.45, 7) is 6.09. The highest BCUT2D eigenvalue weighted by atomic mass is 35.5. The smallest absolute Gasteiger partial charge is 0.277 e. The quantitative estimate of drug-likeness (QED) is 0.547. The SMILES string of the molecule is Cc1ccc(NC(=O)CSc2nnc(COc3ccc(Cl)cc3C)o2)cc1C. The first-order valence-electron chi connectivity index (χ1n) is 8.62. The molecular formula is C20H20ClN3O3S. The normalized spacial score (nSPS) is 10.7. The van der Waals surface area contributed by atoms with E-state index in [-0.39, 0.29) is 18.3 Å². The van der Waals surface area contributed by atoms with E-state index in [1.807, 2.05) is 45.0 Å². The van der Waals surface area contributed by atoms with Crippen LogP contribution in [0.5, 0.6) is 5.75 Å². The zero-order valence-corrected chi connectivity index (χ0v) is 17.4. The fourth-order valence-electron chi connectivity index (χ4n) is 2.41. The Balaban J connectivity index is 1.48. The summed E-state index contributed by atoms with van der Waals surface area (Å²) in [6.07, 6.45) is 0. The molecule has 1 heterocycles. The number of nitrogens with zero attached hydrogens (tertiary/aromatic N) is 2. The lowest BCUT2D eigenvalue weighted by molar-refractivity contribution is -0.113. The predicted molar refractivity (Wildman–Crippen MR) is 110 cm³/mol. The van der Waals surface area contributed by atoms with Crippen LogP contribution in [0.3, 0.4) is 0 Å². The van der Waals surface area contributed by atoms with Crippen molar-refractivity contribution in [3.63, 3.8) is 0 Å². The molecule has 1 amide bonds. The largest absolute Gasteiger partial charge is 0.484 e. The highest BCUT2D eigenvalue weighted by Gasteiger charge is 2.11. The molecule has 0 bridgehead atoms. The molecule has 3 rings (SSSR count). The number of rotatable bonds is 7. The summed E-state index contributed by atoms with van der Waals surface area (Å²) in [6, 6.07) is 11.2. The van der Waals surface area contributed by atoms with E-state index in [0.717, 1.165) is 16.8 Å². The third kappa shape index (κ3) is 5.50. The van der Waals surface area contributed by atoms with E-state index in [4.69, 9.17) is 20.8 Å². The molecule has 0 atom stereocenters. The van der Waals surface area contributed by atoms with Crippen molar-refractivity contribution in [3.8, 4) is 5.75 Å². The van der Waals surface area contributed by atoms with Crippen molar-refractivity contribution in [1.82, 2.24) is 10.2 Å². The van der Waals surface area contributed by atoms with Gasteiger partial charge in [0.2, 0.25) is 5.91 Å². The van der Waals surface area contributed by atoms with Crippen LogP contribution < -0.4 is 10.1 Å². The van der Waals surface area contributed by atoms with Gasteiger partial charge in [-0.3, -0.25) is 4.79 Å². The highest BCUT2D eigenvalue weighted by Crippen LogP contribution is 2.23. The van der Waals surface area contributed by atoms with Crippen molar-refractivity contribution in [3.05, 3.63) is 64.0 Å². The molecule has 0 saturated heterocycles. The monoisotopic (exact) mass is 417 g/mol. The second-order valence-electron chi connectivity index (χ2n) is 6.30. The first kappa shape index (κ1) is 20.2. The van der Waals surface area contributed by atoms with Crippen molar-refractivity contribution in [2.45, 2.75) is 32.6 Å². The van der Waals surface area contributed by atoms with Gasteiger partial charge in [-0.05, 0) is 67.8 Å². The van der Waals surface area contributed by atoms with Crippen LogP contribution in [0, 0.1) is 20.8 Å². The van der Waals surface area contributed by atoms with Crippen LogP contribution in [0.4, 0.5) is 5.69 Å². The van der Waals surface area contributed by atoms with Gasteiger partial charge in [0.15, 0.2) is 6.61 Å². The molecule has 2 aromatic carbocycles. The van der Waals surface area contributed by atoms with E-state index in [2.05, 4.69) is 15.5 Å². The van der Waals surface area contributed by atoms with E-state index in [1.54, 1.807) is 12.1 Å². The highest BCUT2D eigenvalue weighted by molar-refractivity contribution is 7.99. The maximum Gasteiger partial charge on any atom is 0.277 e. The molecule has 0 aliphatic carbocycles. The number of hydrogen-bond donors (Lipinski definition) is 1. The minimum Gasteiger partial charge on any atom is -0.484 e. The molecule has 0 aliphatic rings. The number of amides is 1. The molecule has 6 nitrogen and oxygen atoms in total. The first-order valence-corrected chi connectivity index (χ1v) is 9.98. The minimum atomic E-state index is -0.138. The summed E-state index contributed by atoms with van der Waals surface area (Å²) in [5, 5.41) is 11.7. The molecule has 0 radical (unpaired) electrons. The topological polar surface area (TPSA) is 77.2 Å². The molecular weight excluding hydrogens is 398 g/mol. The third-order valence-corrected chi connectivity index (χ3v) is 5.11. The molecule has 3 aromatic rings. The van der Waals surface area contributed by atoms with Gasteiger partial charge in [-0.2, -0.15) is 0 Å². The molecule has 0 spiro atoms. The predicted octanol–water partition coefficient (Wildman–Crippen LogP) is 4.96. The minimum absolute atomic E-state index is 0.138. The van der Waals surface area contributed by atoms with Gasteiger partial charge >= 0.3 is 0 Å². The fraction of sp³-hybridized carbons (Fsp3) is 0.250. The third-order valence-electron chi connectivity index (χ3n) is 4.05. The Labute approximate surface area is 172 Å². The molecule has 1 aromatic heterocycles. The van der Waals surface area contributed by atoms with E-state index in [9.17, 15) is 4.79 Å². The van der Waals surface area contributed by atoms with Crippen LogP contribution in [0.2, 0.25) is 5.02 Å². The van der Waals surface area contributed by atoms with E-state index >= 15 is 0 Å². The Hall–Kier alpha value is -2.51. The van der Waals surface area contributed by atoms with Crippen molar-refractivity contribution < 1.29 is 13.9 Å². The summed E-state index contributed by atoms with van der Waals surface area (Å²) in [4.78, 5) is 12.1. The number of ether oxygens (including phenoxy) is 1. The Morgan fingerprint density at radius 2 is 1.93 bits per heavy atom. The Morgan fingerprint density at radius 3 is 2.68 bits per heavy atom. The van der Waals surface area contributed by atoms with Crippen molar-refractivity contribution in [1.29, 1.82) is 0 Å². The number of halogens is 1. The lowest BCUT2D eigenvalue weighted by atomic mass is 10.1. The molecule has 0 aliphatic heterocycles. The number of nitrogens with one attached hydrogen (secondary N) is 1. The molecule has 146 valence electrons. The maximum absolute atomic E-state index is 12.1. The summed E-state index contributed by atoms with van der Waals surface area (Å²) >= 11 is 7.11. The second-order valence-corrected chi connectivity index (χ2v) is 7.66. The summed E-state index contributed by atoms with van der Waals surface area (Å²) in [7, 11) is 0. The van der Waals surface area contributed by atoms with Crippen LogP contribution in [0.25, 0.3) is 0 Å². The molecule has 28 heavy (non-hydrogen) atoms. The van der Waals surface area contributed by atoms with Crippen LogP contribution in [0.15, 0.2) is 46.0 Å². The number of benzene rings is 2. The van der Waals surface area contributed by atoms with Crippen molar-refractivity contribution in [2.75, 3.05) is 11.1 Å². The van der Waals surface area contributed by atoms with Crippen LogP contribution in [-0.2, 0) is 11.4 Å². The van der Waals surface area contributed by atoms with Crippen LogP contribution in [-0.4, -0.2) is 21.9 Å². The average molecular weight is 418 g/mol. The van der Waals surface area contributed by atoms with E-state index in [1.165, 1.54) is 17.3 Å². The number of hydrogen-bond acceptors (Lipinski definition) is 6. The average Bonchev–Trinajstić information content (AvgIpc) is 3.10. The van der Waals surface area contributed by atoms with Crippen molar-refractivity contribution in [2.24, 2.45) is 0 Å². The number of aromatic nitrogens is 2. The lowest BCUT2D eigenvalue weighted by Gasteiger charge is -2.07. The first-order chi connectivity index (χ1) is 13.4. The van der Waals surface area contributed by atoms with Crippen LogP contribution >= 0.6 is 23.4 Å². The standard InChI is InChI=1S/C20H20ClN3O3S/c1-12-4-6-16(9-13(12)2)22-18(25)11-28-20-24-23-19(27-20)10-26-17-7-5-15(21)8-14(17)3/h4-9H,10-11H2,1-3H3,(H,22,25). The fourth-order valence-corrected chi connectivity index (χ4v) is 3.22. The zero-order valence-electron chi connectivity index (χ0n) is 15.8. The number of carbonyl (C=O) groups is 1. The van der Waals surface area contributed by atoms with Crippen LogP contribution in [0.1, 0.15) is 22.6 Å². The van der Waals surface area contributed by atoms with Gasteiger partial charge in [0.1, 0.15) is 5.75 Å². The number of carbonyl (C=O) groups excluding carboxylic acids is 1. The Bertz CT molecular complexity index is 991. The van der Waals surface area contributed by atoms with Gasteiger partial charge in [-0.1, -0.05) is 29.4 Å². The number of anilines is 1. The van der Waals surface area contributed by atoms with E-state index < -0.39 is 0 Å². The number of thioether (sulfide) groups is 1. The van der Waals surface area contributed by atoms with Gasteiger partial charge < -0.3 is 14.5 Å². The summed E-state index contributed by atoms with van der Waals surface area (Å²) < 4.78 is 11.2. The van der Waals surface area contributed by atoms with E-state index in [0.29, 0.717) is 21.9 Å².